The lowest BCUT2D eigenvalue weighted by Crippen LogP contribution is -2.52. The second-order valence-electron chi connectivity index (χ2n) is 6.84. The summed E-state index contributed by atoms with van der Waals surface area (Å²) in [6.45, 7) is 0. The van der Waals surface area contributed by atoms with E-state index in [0.717, 1.165) is 0 Å². The summed E-state index contributed by atoms with van der Waals surface area (Å²) in [7, 11) is 0. The lowest BCUT2D eigenvalue weighted by Gasteiger charge is -2.36. The molecule has 110 valence electrons. The second-order valence-corrected chi connectivity index (χ2v) is 6.84. The van der Waals surface area contributed by atoms with E-state index in [1.807, 2.05) is 0 Å². The molecule has 0 heterocycles. The van der Waals surface area contributed by atoms with E-state index in [1.54, 1.807) is 0 Å². The summed E-state index contributed by atoms with van der Waals surface area (Å²) >= 11 is 0. The molecule has 0 aromatic rings. The molecule has 3 aliphatic rings. The van der Waals surface area contributed by atoms with Gasteiger partial charge >= 0.3 is 0 Å². The van der Waals surface area contributed by atoms with Crippen molar-refractivity contribution in [2.75, 3.05) is 0 Å². The van der Waals surface area contributed by atoms with Gasteiger partial charge in [-0.2, -0.15) is 0 Å². The van der Waals surface area contributed by atoms with Crippen molar-refractivity contribution < 1.29 is 4.74 Å². The average Bonchev–Trinajstić information content (AvgIpc) is 3.05. The van der Waals surface area contributed by atoms with Gasteiger partial charge in [0, 0.05) is 18.1 Å². The predicted molar refractivity (Wildman–Crippen MR) is 78.1 cm³/mol. The summed E-state index contributed by atoms with van der Waals surface area (Å²) < 4.78 is 6.41. The Morgan fingerprint density at radius 3 is 2.16 bits per heavy atom. The highest BCUT2D eigenvalue weighted by atomic mass is 16.5. The topological polar surface area (TPSA) is 47.3 Å². The van der Waals surface area contributed by atoms with E-state index >= 15 is 0 Å². The minimum Gasteiger partial charge on any atom is -0.373 e. The van der Waals surface area contributed by atoms with Crippen LogP contribution >= 0.6 is 0 Å². The molecular weight excluding hydrogens is 236 g/mol. The zero-order valence-corrected chi connectivity index (χ0v) is 12.2. The van der Waals surface area contributed by atoms with Crippen LogP contribution in [-0.2, 0) is 4.74 Å². The summed E-state index contributed by atoms with van der Waals surface area (Å²) in [4.78, 5) is 0. The van der Waals surface area contributed by atoms with Crippen molar-refractivity contribution in [1.82, 2.24) is 5.32 Å². The van der Waals surface area contributed by atoms with Crippen molar-refractivity contribution in [2.24, 2.45) is 5.73 Å². The lowest BCUT2D eigenvalue weighted by atomic mass is 9.91. The molecule has 0 amide bonds. The van der Waals surface area contributed by atoms with E-state index in [-0.39, 0.29) is 0 Å². The number of nitrogens with two attached hydrogens (primary N) is 1. The lowest BCUT2D eigenvalue weighted by molar-refractivity contribution is -0.0455. The summed E-state index contributed by atoms with van der Waals surface area (Å²) in [6.07, 6.45) is 15.2. The van der Waals surface area contributed by atoms with E-state index in [9.17, 15) is 0 Å². The molecule has 4 atom stereocenters. The largest absolute Gasteiger partial charge is 0.373 e. The fourth-order valence-electron chi connectivity index (χ4n) is 4.19. The molecule has 0 aromatic carbocycles. The number of hydrogen-bond donors (Lipinski definition) is 2. The molecule has 3 aliphatic carbocycles. The second kappa shape index (κ2) is 6.55. The third kappa shape index (κ3) is 3.50. The molecule has 3 rings (SSSR count). The highest BCUT2D eigenvalue weighted by Gasteiger charge is 2.33. The predicted octanol–water partition coefficient (Wildman–Crippen LogP) is 2.73. The van der Waals surface area contributed by atoms with Gasteiger partial charge in [0.25, 0.3) is 0 Å². The summed E-state index contributed by atoms with van der Waals surface area (Å²) in [5, 5.41) is 3.84. The normalized spacial score (nSPS) is 40.9. The van der Waals surface area contributed by atoms with Crippen molar-refractivity contribution in [1.29, 1.82) is 0 Å². The van der Waals surface area contributed by atoms with Crippen LogP contribution in [0.15, 0.2) is 0 Å². The Balaban J connectivity index is 1.53. The summed E-state index contributed by atoms with van der Waals surface area (Å²) in [6, 6.07) is 1.47. The molecule has 19 heavy (non-hydrogen) atoms. The first kappa shape index (κ1) is 13.8. The van der Waals surface area contributed by atoms with Gasteiger partial charge in [-0.1, -0.05) is 32.1 Å². The van der Waals surface area contributed by atoms with Crippen LogP contribution in [0.25, 0.3) is 0 Å². The van der Waals surface area contributed by atoms with Gasteiger partial charge in [-0.25, -0.2) is 0 Å². The maximum absolute atomic E-state index is 6.41. The van der Waals surface area contributed by atoms with Crippen LogP contribution in [0.1, 0.15) is 70.6 Å². The number of rotatable bonds is 4. The fourth-order valence-corrected chi connectivity index (χ4v) is 4.19. The first-order valence-electron chi connectivity index (χ1n) is 8.50. The first-order valence-corrected chi connectivity index (χ1v) is 8.50. The highest BCUT2D eigenvalue weighted by molar-refractivity contribution is 4.92. The van der Waals surface area contributed by atoms with Gasteiger partial charge in [-0.15, -0.1) is 0 Å². The van der Waals surface area contributed by atoms with Crippen LogP contribution in [0.4, 0.5) is 0 Å². The molecule has 0 unspecified atom stereocenters. The fraction of sp³-hybridized carbons (Fsp3) is 1.00. The van der Waals surface area contributed by atoms with Crippen molar-refractivity contribution in [3.8, 4) is 0 Å². The van der Waals surface area contributed by atoms with Gasteiger partial charge < -0.3 is 15.8 Å². The quantitative estimate of drug-likeness (QED) is 0.822. The van der Waals surface area contributed by atoms with Crippen LogP contribution in [0.3, 0.4) is 0 Å². The summed E-state index contributed by atoms with van der Waals surface area (Å²) in [5.41, 5.74) is 6.20. The van der Waals surface area contributed by atoms with E-state index in [2.05, 4.69) is 5.32 Å². The van der Waals surface area contributed by atoms with E-state index in [4.69, 9.17) is 10.5 Å². The molecule has 3 nitrogen and oxygen atoms in total. The standard InChI is InChI=1S/C16H30N2O/c17-13-8-5-10-14(13)18-15-9-3-4-11-16(15)19-12-6-1-2-7-12/h12-16,18H,1-11,17H2/t13-,14-,15+,16-/m0/s1. The van der Waals surface area contributed by atoms with Crippen LogP contribution in [0, 0.1) is 0 Å². The van der Waals surface area contributed by atoms with Gasteiger partial charge in [0.2, 0.25) is 0 Å². The third-order valence-electron chi connectivity index (χ3n) is 5.37. The minimum absolute atomic E-state index is 0.369. The molecule has 0 bridgehead atoms. The zero-order chi connectivity index (χ0) is 13.1. The van der Waals surface area contributed by atoms with Crippen molar-refractivity contribution in [2.45, 2.75) is 101 Å². The first-order chi connectivity index (χ1) is 9.33. The molecule has 3 heteroatoms. The Morgan fingerprint density at radius 2 is 1.42 bits per heavy atom. The van der Waals surface area contributed by atoms with Crippen molar-refractivity contribution in [3.05, 3.63) is 0 Å². The monoisotopic (exact) mass is 266 g/mol. The van der Waals surface area contributed by atoms with Gasteiger partial charge in [0.05, 0.1) is 12.2 Å². The number of hydrogen-bond acceptors (Lipinski definition) is 3. The van der Waals surface area contributed by atoms with Gasteiger partial charge in [-0.05, 0) is 38.5 Å². The van der Waals surface area contributed by atoms with E-state index in [0.29, 0.717) is 30.3 Å². The van der Waals surface area contributed by atoms with Gasteiger partial charge in [-0.3, -0.25) is 0 Å². The van der Waals surface area contributed by atoms with Crippen LogP contribution < -0.4 is 11.1 Å². The molecule has 0 aromatic heterocycles. The third-order valence-corrected chi connectivity index (χ3v) is 5.37. The van der Waals surface area contributed by atoms with Crippen LogP contribution in [0.2, 0.25) is 0 Å². The zero-order valence-electron chi connectivity index (χ0n) is 12.2. The Morgan fingerprint density at radius 1 is 0.737 bits per heavy atom. The molecule has 0 saturated heterocycles. The van der Waals surface area contributed by atoms with Gasteiger partial charge in [0.1, 0.15) is 0 Å². The van der Waals surface area contributed by atoms with Crippen LogP contribution in [0.5, 0.6) is 0 Å². The highest BCUT2D eigenvalue weighted by Crippen LogP contribution is 2.29. The molecule has 3 saturated carbocycles. The van der Waals surface area contributed by atoms with Crippen molar-refractivity contribution >= 4 is 0 Å². The number of nitrogens with one attached hydrogen (secondary N) is 1. The maximum atomic E-state index is 6.41. The molecule has 3 fully saturated rings. The Hall–Kier alpha value is -0.120. The number of ether oxygens (including phenoxy) is 1. The minimum atomic E-state index is 0.369. The summed E-state index contributed by atoms with van der Waals surface area (Å²) in [5.74, 6) is 0. The molecule has 0 radical (unpaired) electrons. The van der Waals surface area contributed by atoms with Crippen LogP contribution in [-0.4, -0.2) is 30.3 Å². The smallest absolute Gasteiger partial charge is 0.0731 e. The molecule has 3 N–H and O–H groups in total. The van der Waals surface area contributed by atoms with Crippen molar-refractivity contribution in [3.63, 3.8) is 0 Å². The van der Waals surface area contributed by atoms with E-state index in [1.165, 1.54) is 70.6 Å². The van der Waals surface area contributed by atoms with E-state index < -0.39 is 0 Å². The Bertz CT molecular complexity index is 278. The molecule has 0 spiro atoms. The average molecular weight is 266 g/mol. The maximum Gasteiger partial charge on any atom is 0.0731 e. The molecular formula is C16H30N2O. The Kier molecular flexibility index (Phi) is 4.78. The molecule has 0 aliphatic heterocycles. The SMILES string of the molecule is N[C@H]1CCC[C@@H]1N[C@@H]1CCCC[C@@H]1OC1CCCC1. The Labute approximate surface area is 117 Å². The van der Waals surface area contributed by atoms with Gasteiger partial charge in [0.15, 0.2) is 0 Å².